The molecule has 1 N–H and O–H groups in total. The minimum absolute atomic E-state index is 0.0288. The lowest BCUT2D eigenvalue weighted by Crippen LogP contribution is -2.25. The molecule has 1 aromatic heterocycles. The second-order valence-electron chi connectivity index (χ2n) is 10.0. The molecule has 2 bridgehead atoms. The van der Waals surface area contributed by atoms with Gasteiger partial charge < -0.3 is 14.8 Å². The van der Waals surface area contributed by atoms with Crippen LogP contribution in [0.1, 0.15) is 44.5 Å². The second kappa shape index (κ2) is 11.6. The number of hydrogen-bond acceptors (Lipinski definition) is 8. The number of rotatable bonds is 11. The largest absolute Gasteiger partial charge is 0.496 e. The molecule has 5 rings (SSSR count). The first kappa shape index (κ1) is 26.9. The van der Waals surface area contributed by atoms with Crippen LogP contribution >= 0.6 is 11.8 Å². The maximum atomic E-state index is 14.1. The standard InChI is InChI=1S/C27H30FN5O5S/c1-16(20-12-17-7-8-18(20)11-17)32-25(14-38-24-6-4-3-5-21(24)28)30-31-27(32)39-15-26(34)29-22-10-9-19(37-2)13-23(22)33(35)36/h3-6,9-10,13,16-18,20H,7-8,11-12,14-15H2,1-2H3,(H,29,34)/t16-,17+,18+,20-/m1/s1. The summed E-state index contributed by atoms with van der Waals surface area (Å²) < 4.78 is 27.0. The fraction of sp³-hybridized carbons (Fsp3) is 0.444. The molecule has 3 aromatic rings. The summed E-state index contributed by atoms with van der Waals surface area (Å²) in [6.07, 6.45) is 4.88. The van der Waals surface area contributed by atoms with Gasteiger partial charge in [-0.05, 0) is 68.2 Å². The fourth-order valence-corrected chi connectivity index (χ4v) is 6.75. The Hall–Kier alpha value is -3.67. The summed E-state index contributed by atoms with van der Waals surface area (Å²) in [5.41, 5.74) is -0.171. The van der Waals surface area contributed by atoms with Crippen LogP contribution in [0.3, 0.4) is 0 Å². The van der Waals surface area contributed by atoms with Gasteiger partial charge in [0.2, 0.25) is 5.91 Å². The smallest absolute Gasteiger partial charge is 0.296 e. The van der Waals surface area contributed by atoms with Crippen LogP contribution in [0.15, 0.2) is 47.6 Å². The van der Waals surface area contributed by atoms with Crippen molar-refractivity contribution in [2.75, 3.05) is 18.2 Å². The van der Waals surface area contributed by atoms with Gasteiger partial charge in [-0.25, -0.2) is 4.39 Å². The molecule has 4 atom stereocenters. The van der Waals surface area contributed by atoms with E-state index in [1.54, 1.807) is 24.3 Å². The number of hydrogen-bond donors (Lipinski definition) is 1. The molecule has 0 radical (unpaired) electrons. The molecule has 10 nitrogen and oxygen atoms in total. The van der Waals surface area contributed by atoms with Crippen LogP contribution in [-0.4, -0.2) is 38.5 Å². The minimum atomic E-state index is -0.569. The Morgan fingerprint density at radius 1 is 1.26 bits per heavy atom. The van der Waals surface area contributed by atoms with Crippen molar-refractivity contribution in [2.24, 2.45) is 17.8 Å². The van der Waals surface area contributed by atoms with Gasteiger partial charge in [0.1, 0.15) is 18.0 Å². The number of carbonyl (C=O) groups excluding carboxylic acids is 1. The predicted molar refractivity (Wildman–Crippen MR) is 143 cm³/mol. The summed E-state index contributed by atoms with van der Waals surface area (Å²) in [5, 5.41) is 23.3. The van der Waals surface area contributed by atoms with E-state index in [-0.39, 0.29) is 35.5 Å². The Balaban J connectivity index is 1.32. The Kier molecular flexibility index (Phi) is 8.01. The first-order valence-electron chi connectivity index (χ1n) is 12.9. The molecule has 12 heteroatoms. The first-order chi connectivity index (χ1) is 18.8. The van der Waals surface area contributed by atoms with Gasteiger partial charge in [-0.1, -0.05) is 30.3 Å². The van der Waals surface area contributed by atoms with Gasteiger partial charge in [-0.3, -0.25) is 19.5 Å². The zero-order valence-electron chi connectivity index (χ0n) is 21.7. The number of amides is 1. The maximum Gasteiger partial charge on any atom is 0.296 e. The summed E-state index contributed by atoms with van der Waals surface area (Å²) in [6.45, 7) is 2.18. The number of nitro groups is 1. The van der Waals surface area contributed by atoms with E-state index in [1.807, 2.05) is 4.57 Å². The summed E-state index contributed by atoms with van der Waals surface area (Å²) in [7, 11) is 1.41. The van der Waals surface area contributed by atoms with Crippen LogP contribution in [0, 0.1) is 33.7 Å². The first-order valence-corrected chi connectivity index (χ1v) is 13.9. The van der Waals surface area contributed by atoms with E-state index in [2.05, 4.69) is 22.4 Å². The lowest BCUT2D eigenvalue weighted by atomic mass is 9.84. The Bertz CT molecular complexity index is 1370. The number of thioether (sulfide) groups is 1. The molecule has 0 unspecified atom stereocenters. The SMILES string of the molecule is COc1ccc(NC(=O)CSc2nnc(COc3ccccc3F)n2[C@H](C)[C@H]2C[C@H]3CC[C@H]2C3)c([N+](=O)[O-])c1. The molecule has 2 fully saturated rings. The molecule has 39 heavy (non-hydrogen) atoms. The third-order valence-corrected chi connectivity index (χ3v) is 8.70. The number of anilines is 1. The highest BCUT2D eigenvalue weighted by Gasteiger charge is 2.43. The third kappa shape index (κ3) is 5.85. The van der Waals surface area contributed by atoms with Crippen LogP contribution < -0.4 is 14.8 Å². The quantitative estimate of drug-likeness (QED) is 0.183. The molecule has 2 saturated carbocycles. The van der Waals surface area contributed by atoms with E-state index in [9.17, 15) is 19.3 Å². The summed E-state index contributed by atoms with van der Waals surface area (Å²) in [6, 6.07) is 10.5. The van der Waals surface area contributed by atoms with Gasteiger partial charge >= 0.3 is 0 Å². The van der Waals surface area contributed by atoms with Gasteiger partial charge in [0.15, 0.2) is 22.5 Å². The number of methoxy groups -OCH3 is 1. The molecular formula is C27H30FN5O5S. The number of halogens is 1. The van der Waals surface area contributed by atoms with Crippen LogP contribution in [0.2, 0.25) is 0 Å². The maximum absolute atomic E-state index is 14.1. The van der Waals surface area contributed by atoms with Gasteiger partial charge in [-0.2, -0.15) is 0 Å². The minimum Gasteiger partial charge on any atom is -0.496 e. The monoisotopic (exact) mass is 555 g/mol. The van der Waals surface area contributed by atoms with Gasteiger partial charge in [-0.15, -0.1) is 10.2 Å². The molecule has 2 aromatic carbocycles. The predicted octanol–water partition coefficient (Wildman–Crippen LogP) is 5.64. The van der Waals surface area contributed by atoms with Crippen molar-refractivity contribution in [3.63, 3.8) is 0 Å². The van der Waals surface area contributed by atoms with E-state index < -0.39 is 16.6 Å². The number of nitrogens with one attached hydrogen (secondary N) is 1. The molecule has 1 heterocycles. The van der Waals surface area contributed by atoms with E-state index in [4.69, 9.17) is 9.47 Å². The van der Waals surface area contributed by atoms with Crippen molar-refractivity contribution in [2.45, 2.75) is 50.4 Å². The Morgan fingerprint density at radius 3 is 2.77 bits per heavy atom. The molecule has 0 saturated heterocycles. The molecule has 206 valence electrons. The molecule has 0 aliphatic heterocycles. The molecule has 2 aliphatic rings. The fourth-order valence-electron chi connectivity index (χ4n) is 5.91. The topological polar surface area (TPSA) is 121 Å². The molecular weight excluding hydrogens is 525 g/mol. The average Bonchev–Trinajstić information content (AvgIpc) is 3.67. The normalized spacial score (nSPS) is 20.5. The highest BCUT2D eigenvalue weighted by molar-refractivity contribution is 7.99. The number of nitro benzene ring substituents is 1. The molecule has 0 spiro atoms. The van der Waals surface area contributed by atoms with Gasteiger partial charge in [0.05, 0.1) is 23.9 Å². The van der Waals surface area contributed by atoms with Crippen molar-refractivity contribution >= 4 is 29.0 Å². The lowest BCUT2D eigenvalue weighted by Gasteiger charge is -2.30. The van der Waals surface area contributed by atoms with Crippen LogP contribution in [0.5, 0.6) is 11.5 Å². The number of aromatic nitrogens is 3. The van der Waals surface area contributed by atoms with Crippen molar-refractivity contribution in [3.05, 3.63) is 64.2 Å². The van der Waals surface area contributed by atoms with Crippen LogP contribution in [0.25, 0.3) is 0 Å². The summed E-state index contributed by atoms with van der Waals surface area (Å²) >= 11 is 1.20. The number of benzene rings is 2. The Morgan fingerprint density at radius 2 is 2.08 bits per heavy atom. The molecule has 2 aliphatic carbocycles. The summed E-state index contributed by atoms with van der Waals surface area (Å²) in [4.78, 5) is 23.7. The van der Waals surface area contributed by atoms with Crippen molar-refractivity contribution < 1.29 is 23.6 Å². The molecule has 1 amide bonds. The van der Waals surface area contributed by atoms with Gasteiger partial charge in [0, 0.05) is 6.04 Å². The lowest BCUT2D eigenvalue weighted by molar-refractivity contribution is -0.384. The van der Waals surface area contributed by atoms with E-state index in [0.29, 0.717) is 28.6 Å². The number of ether oxygens (including phenoxy) is 2. The highest BCUT2D eigenvalue weighted by Crippen LogP contribution is 2.52. The number of carbonyl (C=O) groups is 1. The van der Waals surface area contributed by atoms with Crippen LogP contribution in [0.4, 0.5) is 15.8 Å². The zero-order valence-corrected chi connectivity index (χ0v) is 22.5. The van der Waals surface area contributed by atoms with E-state index >= 15 is 0 Å². The van der Waals surface area contributed by atoms with E-state index in [1.165, 1.54) is 56.3 Å². The van der Waals surface area contributed by atoms with Crippen molar-refractivity contribution in [3.8, 4) is 11.5 Å². The second-order valence-corrected chi connectivity index (χ2v) is 11.0. The summed E-state index contributed by atoms with van der Waals surface area (Å²) in [5.74, 6) is 1.96. The van der Waals surface area contributed by atoms with Gasteiger partial charge in [0.25, 0.3) is 5.69 Å². The third-order valence-electron chi connectivity index (χ3n) is 7.76. The van der Waals surface area contributed by atoms with Crippen molar-refractivity contribution in [1.82, 2.24) is 14.8 Å². The zero-order chi connectivity index (χ0) is 27.5. The Labute approximate surface area is 229 Å². The van der Waals surface area contributed by atoms with Crippen LogP contribution in [-0.2, 0) is 11.4 Å². The van der Waals surface area contributed by atoms with Crippen molar-refractivity contribution in [1.29, 1.82) is 0 Å². The highest BCUT2D eigenvalue weighted by atomic mass is 32.2. The number of fused-ring (bicyclic) bond motifs is 2. The van der Waals surface area contributed by atoms with E-state index in [0.717, 1.165) is 12.3 Å². The number of nitrogens with zero attached hydrogens (tertiary/aromatic N) is 4. The number of para-hydroxylation sites is 1. The average molecular weight is 556 g/mol.